The van der Waals surface area contributed by atoms with Gasteiger partial charge < -0.3 is 5.32 Å². The van der Waals surface area contributed by atoms with Crippen LogP contribution in [0, 0.1) is 0 Å². The Kier molecular flexibility index (Phi) is 2.95. The molecule has 3 nitrogen and oxygen atoms in total. The molecule has 0 saturated carbocycles. The third-order valence-electron chi connectivity index (χ3n) is 2.56. The lowest BCUT2D eigenvalue weighted by molar-refractivity contribution is -0.115. The Labute approximate surface area is 103 Å². The van der Waals surface area contributed by atoms with Crippen LogP contribution in [0.3, 0.4) is 0 Å². The highest BCUT2D eigenvalue weighted by molar-refractivity contribution is 7.99. The van der Waals surface area contributed by atoms with E-state index in [0.717, 1.165) is 5.56 Å². The molecule has 1 atom stereocenters. The van der Waals surface area contributed by atoms with Crippen LogP contribution in [-0.2, 0) is 4.79 Å². The number of nitrogens with one attached hydrogen (secondary N) is 1. The van der Waals surface area contributed by atoms with Gasteiger partial charge in [0, 0.05) is 5.56 Å². The standard InChI is InChI=1S/C11H10ClNO2S/c1-5(14)6-3-4-7-9(8(6)12)13-11(15)10(7)16-2/h3-4,10H,1-2H3,(H,13,15). The number of fused-ring (bicyclic) bond motifs is 1. The Balaban J connectivity index is 2.58. The fraction of sp³-hybridized carbons (Fsp3) is 0.273. The number of amides is 1. The van der Waals surface area contributed by atoms with E-state index in [1.165, 1.54) is 18.7 Å². The number of halogens is 1. The number of ketones is 1. The zero-order chi connectivity index (χ0) is 11.9. The largest absolute Gasteiger partial charge is 0.323 e. The number of benzene rings is 1. The van der Waals surface area contributed by atoms with Gasteiger partial charge in [0.15, 0.2) is 5.78 Å². The summed E-state index contributed by atoms with van der Waals surface area (Å²) >= 11 is 7.54. The molecule has 0 aliphatic carbocycles. The van der Waals surface area contributed by atoms with E-state index in [4.69, 9.17) is 11.6 Å². The number of rotatable bonds is 2. The first-order valence-corrected chi connectivity index (χ1v) is 6.40. The predicted octanol–water partition coefficient (Wildman–Crippen LogP) is 2.90. The van der Waals surface area contributed by atoms with Crippen LogP contribution < -0.4 is 5.32 Å². The summed E-state index contributed by atoms with van der Waals surface area (Å²) in [5.41, 5.74) is 1.88. The van der Waals surface area contributed by atoms with Crippen molar-refractivity contribution in [3.05, 3.63) is 28.3 Å². The van der Waals surface area contributed by atoms with Crippen molar-refractivity contribution in [2.45, 2.75) is 12.2 Å². The van der Waals surface area contributed by atoms with E-state index in [1.54, 1.807) is 12.1 Å². The summed E-state index contributed by atoms with van der Waals surface area (Å²) in [6.45, 7) is 1.45. The minimum absolute atomic E-state index is 0.0786. The van der Waals surface area contributed by atoms with Crippen LogP contribution in [0.5, 0.6) is 0 Å². The second kappa shape index (κ2) is 4.11. The summed E-state index contributed by atoms with van der Waals surface area (Å²) in [5.74, 6) is -0.181. The number of anilines is 1. The molecule has 5 heteroatoms. The highest BCUT2D eigenvalue weighted by Gasteiger charge is 2.32. The van der Waals surface area contributed by atoms with E-state index in [0.29, 0.717) is 16.3 Å². The second-order valence-electron chi connectivity index (χ2n) is 3.55. The number of hydrogen-bond acceptors (Lipinski definition) is 3. The fourth-order valence-electron chi connectivity index (χ4n) is 1.77. The zero-order valence-electron chi connectivity index (χ0n) is 8.83. The van der Waals surface area contributed by atoms with Gasteiger partial charge >= 0.3 is 0 Å². The number of carbonyl (C=O) groups excluding carboxylic acids is 2. The third-order valence-corrected chi connectivity index (χ3v) is 3.89. The fourth-order valence-corrected chi connectivity index (χ4v) is 2.85. The van der Waals surface area contributed by atoms with Gasteiger partial charge in [-0.25, -0.2) is 0 Å². The molecule has 0 saturated heterocycles. The Hall–Kier alpha value is -1.00. The van der Waals surface area contributed by atoms with E-state index in [9.17, 15) is 9.59 Å². The van der Waals surface area contributed by atoms with Crippen molar-refractivity contribution in [2.75, 3.05) is 11.6 Å². The molecule has 0 aromatic heterocycles. The molecule has 1 amide bonds. The van der Waals surface area contributed by atoms with E-state index in [-0.39, 0.29) is 16.9 Å². The summed E-state index contributed by atoms with van der Waals surface area (Å²) in [6, 6.07) is 3.46. The Morgan fingerprint density at radius 1 is 1.50 bits per heavy atom. The molecule has 1 aliphatic rings. The first kappa shape index (κ1) is 11.5. The van der Waals surface area contributed by atoms with Gasteiger partial charge in [-0.2, -0.15) is 0 Å². The second-order valence-corrected chi connectivity index (χ2v) is 4.87. The predicted molar refractivity (Wildman–Crippen MR) is 66.3 cm³/mol. The molecular weight excluding hydrogens is 246 g/mol. The van der Waals surface area contributed by atoms with Crippen LogP contribution in [0.25, 0.3) is 0 Å². The maximum atomic E-state index is 11.6. The Morgan fingerprint density at radius 2 is 2.19 bits per heavy atom. The van der Waals surface area contributed by atoms with Crippen LogP contribution in [-0.4, -0.2) is 17.9 Å². The highest BCUT2D eigenvalue weighted by Crippen LogP contribution is 2.43. The molecule has 1 aromatic carbocycles. The average molecular weight is 256 g/mol. The average Bonchev–Trinajstić information content (AvgIpc) is 2.55. The van der Waals surface area contributed by atoms with E-state index >= 15 is 0 Å². The quantitative estimate of drug-likeness (QED) is 0.827. The summed E-state index contributed by atoms with van der Waals surface area (Å²) in [5, 5.41) is 2.83. The molecule has 1 unspecified atom stereocenters. The molecule has 0 bridgehead atoms. The SMILES string of the molecule is CSC1C(=O)Nc2c1ccc(C(C)=O)c2Cl. The van der Waals surface area contributed by atoms with E-state index in [2.05, 4.69) is 5.32 Å². The Bertz CT molecular complexity index is 487. The van der Waals surface area contributed by atoms with E-state index < -0.39 is 0 Å². The lowest BCUT2D eigenvalue weighted by Crippen LogP contribution is -2.08. The minimum atomic E-state index is -0.228. The van der Waals surface area contributed by atoms with Gasteiger partial charge in [-0.05, 0) is 24.8 Å². The first-order chi connectivity index (χ1) is 7.56. The first-order valence-electron chi connectivity index (χ1n) is 4.73. The van der Waals surface area contributed by atoms with Crippen molar-refractivity contribution in [1.82, 2.24) is 0 Å². The third kappa shape index (κ3) is 1.62. The lowest BCUT2D eigenvalue weighted by atomic mass is 10.1. The number of hydrogen-bond donors (Lipinski definition) is 1. The van der Waals surface area contributed by atoms with Crippen LogP contribution in [0.15, 0.2) is 12.1 Å². The van der Waals surface area contributed by atoms with Crippen molar-refractivity contribution in [3.63, 3.8) is 0 Å². The molecule has 16 heavy (non-hydrogen) atoms. The van der Waals surface area contributed by atoms with Crippen molar-refractivity contribution >= 4 is 40.7 Å². The summed E-state index contributed by atoms with van der Waals surface area (Å²) in [6.07, 6.45) is 1.87. The maximum absolute atomic E-state index is 11.6. The van der Waals surface area contributed by atoms with E-state index in [1.807, 2.05) is 6.26 Å². The molecule has 1 aliphatic heterocycles. The normalized spacial score (nSPS) is 18.2. The van der Waals surface area contributed by atoms with Crippen LogP contribution in [0.2, 0.25) is 5.02 Å². The van der Waals surface area contributed by atoms with Gasteiger partial charge in [0.1, 0.15) is 5.25 Å². The maximum Gasteiger partial charge on any atom is 0.242 e. The van der Waals surface area contributed by atoms with Gasteiger partial charge in [0.05, 0.1) is 10.7 Å². The molecule has 1 N–H and O–H groups in total. The molecule has 2 rings (SSSR count). The summed E-state index contributed by atoms with van der Waals surface area (Å²) in [4.78, 5) is 22.9. The van der Waals surface area contributed by atoms with Gasteiger partial charge in [0.2, 0.25) is 5.91 Å². The molecule has 0 spiro atoms. The van der Waals surface area contributed by atoms with Gasteiger partial charge in [0.25, 0.3) is 0 Å². The van der Waals surface area contributed by atoms with Crippen LogP contribution >= 0.6 is 23.4 Å². The lowest BCUT2D eigenvalue weighted by Gasteiger charge is -2.07. The summed E-state index contributed by atoms with van der Waals surface area (Å²) < 4.78 is 0. The topological polar surface area (TPSA) is 46.2 Å². The Morgan fingerprint density at radius 3 is 2.75 bits per heavy atom. The molecule has 1 aromatic rings. The molecule has 0 radical (unpaired) electrons. The van der Waals surface area contributed by atoms with Crippen molar-refractivity contribution in [1.29, 1.82) is 0 Å². The van der Waals surface area contributed by atoms with Crippen LogP contribution in [0.4, 0.5) is 5.69 Å². The molecule has 1 heterocycles. The van der Waals surface area contributed by atoms with Gasteiger partial charge in [-0.3, -0.25) is 9.59 Å². The molecule has 0 fully saturated rings. The van der Waals surface area contributed by atoms with Gasteiger partial charge in [-0.1, -0.05) is 17.7 Å². The number of carbonyl (C=O) groups is 2. The zero-order valence-corrected chi connectivity index (χ0v) is 10.4. The molecular formula is C11H10ClNO2S. The minimum Gasteiger partial charge on any atom is -0.323 e. The summed E-state index contributed by atoms with van der Waals surface area (Å²) in [7, 11) is 0. The number of thioether (sulfide) groups is 1. The monoisotopic (exact) mass is 255 g/mol. The molecule has 84 valence electrons. The van der Waals surface area contributed by atoms with Gasteiger partial charge in [-0.15, -0.1) is 11.8 Å². The van der Waals surface area contributed by atoms with Crippen molar-refractivity contribution < 1.29 is 9.59 Å². The highest BCUT2D eigenvalue weighted by atomic mass is 35.5. The van der Waals surface area contributed by atoms with Crippen molar-refractivity contribution in [2.24, 2.45) is 0 Å². The number of Topliss-reactive ketones (excluding diaryl/α,β-unsaturated/α-hetero) is 1. The smallest absolute Gasteiger partial charge is 0.242 e. The van der Waals surface area contributed by atoms with Crippen molar-refractivity contribution in [3.8, 4) is 0 Å². The van der Waals surface area contributed by atoms with Crippen LogP contribution in [0.1, 0.15) is 28.1 Å².